The molecule has 1 aromatic rings. The highest BCUT2D eigenvalue weighted by Gasteiger charge is 2.53. The van der Waals surface area contributed by atoms with Crippen LogP contribution in [0.2, 0.25) is 0 Å². The van der Waals surface area contributed by atoms with E-state index in [0.717, 1.165) is 0 Å². The van der Waals surface area contributed by atoms with Gasteiger partial charge >= 0.3 is 13.1 Å². The van der Waals surface area contributed by atoms with E-state index < -0.39 is 24.3 Å². The number of rotatable bonds is 4. The Bertz CT molecular complexity index is 578. The summed E-state index contributed by atoms with van der Waals surface area (Å²) in [7, 11) is 0.915. The van der Waals surface area contributed by atoms with Gasteiger partial charge < -0.3 is 19.2 Å². The highest BCUT2D eigenvalue weighted by Crippen LogP contribution is 2.37. The fraction of sp³-hybridized carbons (Fsp3) is 0.562. The molecule has 5 nitrogen and oxygen atoms in total. The summed E-state index contributed by atoms with van der Waals surface area (Å²) in [4.78, 5) is 11.5. The van der Waals surface area contributed by atoms with Crippen LogP contribution in [0.3, 0.4) is 0 Å². The Hall–Kier alpha value is -1.53. The van der Waals surface area contributed by atoms with Crippen molar-refractivity contribution in [3.63, 3.8) is 0 Å². The van der Waals surface area contributed by atoms with Crippen LogP contribution >= 0.6 is 0 Å². The molecule has 6 heteroatoms. The third kappa shape index (κ3) is 2.61. The molecular formula is C16H23BO5. The third-order valence-corrected chi connectivity index (χ3v) is 4.61. The molecule has 0 unspecified atom stereocenters. The quantitative estimate of drug-likeness (QED) is 0.864. The smallest absolute Gasteiger partial charge is 0.497 e. The maximum absolute atomic E-state index is 11.5. The SMILES string of the molecule is CCc1c(C(=O)O)ccc(OC)c1B1OC(C)(C)C(C)(C)O1. The van der Waals surface area contributed by atoms with Crippen LogP contribution in [0.1, 0.15) is 50.5 Å². The number of carbonyl (C=O) groups is 1. The van der Waals surface area contributed by atoms with Gasteiger partial charge in [0.25, 0.3) is 0 Å². The molecule has 0 radical (unpaired) electrons. The number of methoxy groups -OCH3 is 1. The zero-order valence-electron chi connectivity index (χ0n) is 14.0. The Morgan fingerprint density at radius 3 is 2.18 bits per heavy atom. The fourth-order valence-electron chi connectivity index (χ4n) is 2.62. The second-order valence-corrected chi connectivity index (χ2v) is 6.45. The standard InChI is InChI=1S/C16H23BO5/c1-7-10-11(14(18)19)8-9-12(20-6)13(10)17-21-15(2,3)16(4,5)22-17/h8-9H,7H2,1-6H3,(H,18,19). The van der Waals surface area contributed by atoms with Crippen LogP contribution in [0.25, 0.3) is 0 Å². The van der Waals surface area contributed by atoms with Gasteiger partial charge in [0.05, 0.1) is 23.9 Å². The van der Waals surface area contributed by atoms with E-state index in [2.05, 4.69) is 0 Å². The summed E-state index contributed by atoms with van der Waals surface area (Å²) in [5.74, 6) is -0.377. The van der Waals surface area contributed by atoms with E-state index in [4.69, 9.17) is 14.0 Å². The number of carboxylic acids is 1. The Balaban J connectivity index is 2.59. The lowest BCUT2D eigenvalue weighted by Crippen LogP contribution is -2.41. The van der Waals surface area contributed by atoms with E-state index >= 15 is 0 Å². The summed E-state index contributed by atoms with van der Waals surface area (Å²) in [6.45, 7) is 9.77. The number of ether oxygens (including phenoxy) is 1. The van der Waals surface area contributed by atoms with Gasteiger partial charge in [0, 0.05) is 5.46 Å². The van der Waals surface area contributed by atoms with Crippen molar-refractivity contribution in [3.05, 3.63) is 23.3 Å². The number of carboxylic acid groups (broad SMARTS) is 1. The van der Waals surface area contributed by atoms with E-state index in [1.54, 1.807) is 19.2 Å². The van der Waals surface area contributed by atoms with Crippen LogP contribution in [0.15, 0.2) is 12.1 Å². The van der Waals surface area contributed by atoms with Gasteiger partial charge in [-0.15, -0.1) is 0 Å². The molecule has 1 aliphatic heterocycles. The molecule has 0 saturated carbocycles. The Morgan fingerprint density at radius 2 is 1.77 bits per heavy atom. The maximum Gasteiger partial charge on any atom is 0.498 e. The highest BCUT2D eigenvalue weighted by atomic mass is 16.7. The first kappa shape index (κ1) is 16.8. The lowest BCUT2D eigenvalue weighted by atomic mass is 9.73. The van der Waals surface area contributed by atoms with E-state index in [1.165, 1.54) is 0 Å². The van der Waals surface area contributed by atoms with Crippen molar-refractivity contribution in [2.24, 2.45) is 0 Å². The zero-order chi connectivity index (χ0) is 16.7. The molecule has 1 aliphatic rings. The summed E-state index contributed by atoms with van der Waals surface area (Å²) in [5.41, 5.74) is 0.627. The summed E-state index contributed by atoms with van der Waals surface area (Å²) in [6, 6.07) is 3.22. The molecule has 0 aliphatic carbocycles. The van der Waals surface area contributed by atoms with Crippen LogP contribution in [0.4, 0.5) is 0 Å². The second-order valence-electron chi connectivity index (χ2n) is 6.45. The molecule has 0 amide bonds. The minimum Gasteiger partial charge on any atom is -0.497 e. The van der Waals surface area contributed by atoms with Gasteiger partial charge in [-0.25, -0.2) is 4.79 Å². The van der Waals surface area contributed by atoms with Crippen molar-refractivity contribution >= 4 is 18.6 Å². The largest absolute Gasteiger partial charge is 0.498 e. The van der Waals surface area contributed by atoms with Crippen LogP contribution in [0.5, 0.6) is 5.75 Å². The van der Waals surface area contributed by atoms with Crippen LogP contribution in [0, 0.1) is 0 Å². The molecule has 0 aromatic heterocycles. The van der Waals surface area contributed by atoms with Gasteiger partial charge in [-0.05, 0) is 51.8 Å². The molecule has 1 aromatic carbocycles. The van der Waals surface area contributed by atoms with Gasteiger partial charge in [-0.3, -0.25) is 0 Å². The Kier molecular flexibility index (Phi) is 4.28. The van der Waals surface area contributed by atoms with Crippen molar-refractivity contribution in [1.29, 1.82) is 0 Å². The second kappa shape index (κ2) is 5.59. The minimum atomic E-state index is -0.961. The van der Waals surface area contributed by atoms with Crippen molar-refractivity contribution < 1.29 is 23.9 Å². The van der Waals surface area contributed by atoms with Crippen molar-refractivity contribution in [2.45, 2.75) is 52.2 Å². The average molecular weight is 306 g/mol. The summed E-state index contributed by atoms with van der Waals surface area (Å²) in [6.07, 6.45) is 0.554. The first-order valence-electron chi connectivity index (χ1n) is 7.43. The fourth-order valence-corrected chi connectivity index (χ4v) is 2.62. The van der Waals surface area contributed by atoms with E-state index in [0.29, 0.717) is 23.2 Å². The topological polar surface area (TPSA) is 65.0 Å². The molecule has 1 fully saturated rings. The molecular weight excluding hydrogens is 283 g/mol. The van der Waals surface area contributed by atoms with Gasteiger partial charge in [0.1, 0.15) is 5.75 Å². The summed E-state index contributed by atoms with van der Waals surface area (Å²) in [5, 5.41) is 9.41. The molecule has 22 heavy (non-hydrogen) atoms. The summed E-state index contributed by atoms with van der Waals surface area (Å²) < 4.78 is 17.6. The zero-order valence-corrected chi connectivity index (χ0v) is 14.0. The van der Waals surface area contributed by atoms with Crippen molar-refractivity contribution in [1.82, 2.24) is 0 Å². The highest BCUT2D eigenvalue weighted by molar-refractivity contribution is 6.64. The number of hydrogen-bond acceptors (Lipinski definition) is 4. The first-order valence-corrected chi connectivity index (χ1v) is 7.43. The first-order chi connectivity index (χ1) is 10.1. The van der Waals surface area contributed by atoms with Crippen LogP contribution < -0.4 is 10.2 Å². The monoisotopic (exact) mass is 306 g/mol. The van der Waals surface area contributed by atoms with Crippen LogP contribution in [-0.4, -0.2) is 36.5 Å². The predicted octanol–water partition coefficient (Wildman–Crippen LogP) is 2.25. The maximum atomic E-state index is 11.5. The normalized spacial score (nSPS) is 19.3. The molecule has 0 spiro atoms. The van der Waals surface area contributed by atoms with E-state index in [-0.39, 0.29) is 5.56 Å². The lowest BCUT2D eigenvalue weighted by Gasteiger charge is -2.32. The Morgan fingerprint density at radius 1 is 1.23 bits per heavy atom. The molecule has 1 heterocycles. The third-order valence-electron chi connectivity index (χ3n) is 4.61. The molecule has 120 valence electrons. The van der Waals surface area contributed by atoms with Crippen molar-refractivity contribution in [2.75, 3.05) is 7.11 Å². The minimum absolute atomic E-state index is 0.257. The number of hydrogen-bond donors (Lipinski definition) is 1. The molecule has 0 bridgehead atoms. The van der Waals surface area contributed by atoms with E-state index in [1.807, 2.05) is 34.6 Å². The van der Waals surface area contributed by atoms with Gasteiger partial charge in [0.2, 0.25) is 0 Å². The number of benzene rings is 1. The van der Waals surface area contributed by atoms with Crippen LogP contribution in [-0.2, 0) is 15.7 Å². The average Bonchev–Trinajstić information content (AvgIpc) is 2.65. The number of aromatic carboxylic acids is 1. The Labute approximate surface area is 131 Å². The lowest BCUT2D eigenvalue weighted by molar-refractivity contribution is 0.00578. The summed E-state index contributed by atoms with van der Waals surface area (Å²) >= 11 is 0. The van der Waals surface area contributed by atoms with Gasteiger partial charge in [-0.1, -0.05) is 6.92 Å². The molecule has 2 rings (SSSR count). The molecule has 1 N–H and O–H groups in total. The van der Waals surface area contributed by atoms with Crippen molar-refractivity contribution in [3.8, 4) is 5.75 Å². The van der Waals surface area contributed by atoms with Gasteiger partial charge in [-0.2, -0.15) is 0 Å². The predicted molar refractivity (Wildman–Crippen MR) is 85.0 cm³/mol. The van der Waals surface area contributed by atoms with E-state index in [9.17, 15) is 9.90 Å². The molecule has 1 saturated heterocycles. The van der Waals surface area contributed by atoms with Gasteiger partial charge in [0.15, 0.2) is 0 Å². The molecule has 0 atom stereocenters.